The summed E-state index contributed by atoms with van der Waals surface area (Å²) in [5.41, 5.74) is 12.0. The van der Waals surface area contributed by atoms with Crippen molar-refractivity contribution in [1.82, 2.24) is 5.32 Å². The Morgan fingerprint density at radius 2 is 1.88 bits per heavy atom. The quantitative estimate of drug-likeness (QED) is 0.677. The van der Waals surface area contributed by atoms with Gasteiger partial charge in [0.05, 0.1) is 6.04 Å². The molecule has 0 aliphatic rings. The van der Waals surface area contributed by atoms with Gasteiger partial charge in [-0.2, -0.15) is 0 Å². The zero-order chi connectivity index (χ0) is 12.8. The zero-order valence-corrected chi connectivity index (χ0v) is 9.77. The fourth-order valence-corrected chi connectivity index (χ4v) is 1.29. The Kier molecular flexibility index (Phi) is 4.66. The molecule has 1 atom stereocenters. The summed E-state index contributed by atoms with van der Waals surface area (Å²) in [6, 6.07) is 6.28. The van der Waals surface area contributed by atoms with Gasteiger partial charge in [-0.3, -0.25) is 9.59 Å². The molecular formula is C12H17N3O2. The summed E-state index contributed by atoms with van der Waals surface area (Å²) in [6.45, 7) is 2.25. The number of primary amides is 1. The fraction of sp³-hybridized carbons (Fsp3) is 0.333. The lowest BCUT2D eigenvalue weighted by Crippen LogP contribution is -2.39. The summed E-state index contributed by atoms with van der Waals surface area (Å²) in [6.07, 6.45) is 0.604. The molecule has 92 valence electrons. The van der Waals surface area contributed by atoms with Crippen LogP contribution in [0.15, 0.2) is 24.3 Å². The topological polar surface area (TPSA) is 98.2 Å². The first kappa shape index (κ1) is 13.2. The van der Waals surface area contributed by atoms with Gasteiger partial charge >= 0.3 is 0 Å². The van der Waals surface area contributed by atoms with Crippen molar-refractivity contribution >= 4 is 11.8 Å². The van der Waals surface area contributed by atoms with E-state index in [2.05, 4.69) is 5.32 Å². The van der Waals surface area contributed by atoms with Gasteiger partial charge in [0.15, 0.2) is 0 Å². The number of rotatable bonds is 5. The van der Waals surface area contributed by atoms with E-state index in [4.69, 9.17) is 11.5 Å². The maximum atomic E-state index is 11.4. The third kappa shape index (κ3) is 3.88. The normalized spacial score (nSPS) is 11.9. The Morgan fingerprint density at radius 1 is 1.29 bits per heavy atom. The van der Waals surface area contributed by atoms with Gasteiger partial charge in [-0.05, 0) is 24.1 Å². The molecule has 1 aromatic rings. The summed E-state index contributed by atoms with van der Waals surface area (Å²) in [5, 5.41) is 2.72. The Labute approximate surface area is 100 Å². The van der Waals surface area contributed by atoms with Gasteiger partial charge in [-0.1, -0.05) is 19.1 Å². The van der Waals surface area contributed by atoms with Crippen molar-refractivity contribution in [2.45, 2.75) is 25.9 Å². The second kappa shape index (κ2) is 6.00. The van der Waals surface area contributed by atoms with Crippen LogP contribution in [0.25, 0.3) is 0 Å². The van der Waals surface area contributed by atoms with Crippen LogP contribution in [-0.2, 0) is 11.3 Å². The number of carbonyl (C=O) groups is 2. The molecule has 5 heteroatoms. The van der Waals surface area contributed by atoms with Gasteiger partial charge in [0, 0.05) is 12.1 Å². The van der Waals surface area contributed by atoms with Gasteiger partial charge in [-0.25, -0.2) is 0 Å². The van der Waals surface area contributed by atoms with Gasteiger partial charge in [-0.15, -0.1) is 0 Å². The molecule has 5 nitrogen and oxygen atoms in total. The molecule has 2 amide bonds. The highest BCUT2D eigenvalue weighted by molar-refractivity contribution is 5.92. The van der Waals surface area contributed by atoms with Gasteiger partial charge in [0.25, 0.3) is 0 Å². The van der Waals surface area contributed by atoms with Crippen LogP contribution in [0.5, 0.6) is 0 Å². The van der Waals surface area contributed by atoms with Crippen LogP contribution < -0.4 is 16.8 Å². The van der Waals surface area contributed by atoms with Crippen LogP contribution in [0.2, 0.25) is 0 Å². The molecule has 1 aromatic carbocycles. The van der Waals surface area contributed by atoms with E-state index in [0.29, 0.717) is 18.5 Å². The Morgan fingerprint density at radius 3 is 2.35 bits per heavy atom. The van der Waals surface area contributed by atoms with Crippen LogP contribution in [0.3, 0.4) is 0 Å². The summed E-state index contributed by atoms with van der Waals surface area (Å²) >= 11 is 0. The van der Waals surface area contributed by atoms with E-state index in [9.17, 15) is 9.59 Å². The molecule has 5 N–H and O–H groups in total. The molecular weight excluding hydrogens is 218 g/mol. The number of nitrogens with one attached hydrogen (secondary N) is 1. The van der Waals surface area contributed by atoms with E-state index in [1.807, 2.05) is 6.92 Å². The van der Waals surface area contributed by atoms with Gasteiger partial charge in [0.1, 0.15) is 0 Å². The summed E-state index contributed by atoms with van der Waals surface area (Å²) < 4.78 is 0. The highest BCUT2D eigenvalue weighted by atomic mass is 16.2. The minimum atomic E-state index is -0.472. The third-order valence-electron chi connectivity index (χ3n) is 2.48. The van der Waals surface area contributed by atoms with E-state index in [0.717, 1.165) is 5.56 Å². The molecule has 0 spiro atoms. The van der Waals surface area contributed by atoms with Crippen molar-refractivity contribution in [3.63, 3.8) is 0 Å². The SMILES string of the molecule is CC[C@H](N)C(=O)NCc1ccc(C(N)=O)cc1. The molecule has 1 rings (SSSR count). The number of hydrogen-bond acceptors (Lipinski definition) is 3. The third-order valence-corrected chi connectivity index (χ3v) is 2.48. The summed E-state index contributed by atoms with van der Waals surface area (Å²) in [5.74, 6) is -0.639. The monoisotopic (exact) mass is 235 g/mol. The molecule has 17 heavy (non-hydrogen) atoms. The number of carbonyl (C=O) groups excluding carboxylic acids is 2. The first-order chi connectivity index (χ1) is 8.04. The van der Waals surface area contributed by atoms with Crippen LogP contribution in [0, 0.1) is 0 Å². The molecule has 0 saturated heterocycles. The molecule has 0 heterocycles. The molecule has 0 aliphatic heterocycles. The number of nitrogens with two attached hydrogens (primary N) is 2. The van der Waals surface area contributed by atoms with Crippen LogP contribution in [0.1, 0.15) is 29.3 Å². The molecule has 0 fully saturated rings. The van der Waals surface area contributed by atoms with E-state index in [-0.39, 0.29) is 5.91 Å². The standard InChI is InChI=1S/C12H17N3O2/c1-2-10(13)12(17)15-7-8-3-5-9(6-4-8)11(14)16/h3-6,10H,2,7,13H2,1H3,(H2,14,16)(H,15,17)/t10-/m0/s1. The van der Waals surface area contributed by atoms with Crippen LogP contribution in [-0.4, -0.2) is 17.9 Å². The predicted molar refractivity (Wildman–Crippen MR) is 65.1 cm³/mol. The second-order valence-electron chi connectivity index (χ2n) is 3.79. The molecule has 0 unspecified atom stereocenters. The summed E-state index contributed by atoms with van der Waals surface area (Å²) in [7, 11) is 0. The Balaban J connectivity index is 2.53. The lowest BCUT2D eigenvalue weighted by Gasteiger charge is -2.10. The average molecular weight is 235 g/mol. The van der Waals surface area contributed by atoms with Gasteiger partial charge in [0.2, 0.25) is 11.8 Å². The Bertz CT molecular complexity index is 401. The molecule has 0 bridgehead atoms. The molecule has 0 aromatic heterocycles. The fourth-order valence-electron chi connectivity index (χ4n) is 1.29. The lowest BCUT2D eigenvalue weighted by molar-refractivity contribution is -0.122. The number of amides is 2. The number of hydrogen-bond donors (Lipinski definition) is 3. The minimum absolute atomic E-state index is 0.175. The predicted octanol–water partition coefficient (Wildman–Crippen LogP) is 0.139. The highest BCUT2D eigenvalue weighted by Crippen LogP contribution is 2.03. The van der Waals surface area contributed by atoms with E-state index in [1.165, 1.54) is 0 Å². The van der Waals surface area contributed by atoms with E-state index < -0.39 is 11.9 Å². The van der Waals surface area contributed by atoms with Crippen molar-refractivity contribution in [2.24, 2.45) is 11.5 Å². The number of benzene rings is 1. The lowest BCUT2D eigenvalue weighted by atomic mass is 10.1. The van der Waals surface area contributed by atoms with Crippen molar-refractivity contribution in [3.05, 3.63) is 35.4 Å². The average Bonchev–Trinajstić information content (AvgIpc) is 2.35. The van der Waals surface area contributed by atoms with Crippen molar-refractivity contribution in [1.29, 1.82) is 0 Å². The first-order valence-corrected chi connectivity index (χ1v) is 5.46. The first-order valence-electron chi connectivity index (χ1n) is 5.46. The summed E-state index contributed by atoms with van der Waals surface area (Å²) in [4.78, 5) is 22.3. The Hall–Kier alpha value is -1.88. The highest BCUT2D eigenvalue weighted by Gasteiger charge is 2.09. The molecule has 0 aliphatic carbocycles. The van der Waals surface area contributed by atoms with Crippen LogP contribution in [0.4, 0.5) is 0 Å². The van der Waals surface area contributed by atoms with Crippen molar-refractivity contribution in [3.8, 4) is 0 Å². The maximum absolute atomic E-state index is 11.4. The minimum Gasteiger partial charge on any atom is -0.366 e. The zero-order valence-electron chi connectivity index (χ0n) is 9.77. The van der Waals surface area contributed by atoms with E-state index in [1.54, 1.807) is 24.3 Å². The second-order valence-corrected chi connectivity index (χ2v) is 3.79. The van der Waals surface area contributed by atoms with E-state index >= 15 is 0 Å². The maximum Gasteiger partial charge on any atom is 0.248 e. The van der Waals surface area contributed by atoms with Gasteiger partial charge < -0.3 is 16.8 Å². The smallest absolute Gasteiger partial charge is 0.248 e. The van der Waals surface area contributed by atoms with Crippen molar-refractivity contribution in [2.75, 3.05) is 0 Å². The largest absolute Gasteiger partial charge is 0.366 e. The van der Waals surface area contributed by atoms with Crippen LogP contribution >= 0.6 is 0 Å². The molecule has 0 saturated carbocycles. The van der Waals surface area contributed by atoms with Crippen molar-refractivity contribution < 1.29 is 9.59 Å². The molecule has 0 radical (unpaired) electrons.